The minimum Gasteiger partial charge on any atom is -0.393 e. The summed E-state index contributed by atoms with van der Waals surface area (Å²) in [5, 5.41) is 19.5. The lowest BCUT2D eigenvalue weighted by atomic mass is 9.96. The molecular weight excluding hydrogens is 409 g/mol. The fraction of sp³-hybridized carbons (Fsp3) is 0.684. The number of alkyl halides is 3. The van der Waals surface area contributed by atoms with Crippen LogP contribution in [0.5, 0.6) is 0 Å². The van der Waals surface area contributed by atoms with Crippen molar-refractivity contribution in [2.24, 2.45) is 0 Å². The first-order chi connectivity index (χ1) is 13.3. The maximum absolute atomic E-state index is 13.0. The molecule has 3 rings (SSSR count). The van der Waals surface area contributed by atoms with Crippen LogP contribution in [0, 0.1) is 0 Å². The Morgan fingerprint density at radius 3 is 2.21 bits per heavy atom. The molecule has 2 aliphatic rings. The van der Waals surface area contributed by atoms with Gasteiger partial charge in [0.25, 0.3) is 0 Å². The number of nitrogens with zero attached hydrogens (tertiary/aromatic N) is 2. The largest absolute Gasteiger partial charge is 0.421 e. The van der Waals surface area contributed by atoms with Crippen LogP contribution in [0.3, 0.4) is 0 Å². The maximum Gasteiger partial charge on any atom is 0.421 e. The number of aliphatic hydroxyl groups excluding tert-OH is 1. The Hall–Kier alpha value is -1.20. The van der Waals surface area contributed by atoms with Gasteiger partial charge in [0, 0.05) is 31.7 Å². The summed E-state index contributed by atoms with van der Waals surface area (Å²) in [5.74, 6) is 0. The standard InChI is InChI=1S/C19H27F3N2O4S/c1-13-12-23(15-5-6-16(25)11-15)9-10-24(13)29(27,28)17-7-3-14(4-8-17)18(2,26)19(20,21)22/h3-4,7-8,13,15-16,25-26H,5-6,9-12H2,1-2H3. The molecule has 29 heavy (non-hydrogen) atoms. The summed E-state index contributed by atoms with van der Waals surface area (Å²) in [5.41, 5.74) is -3.47. The summed E-state index contributed by atoms with van der Waals surface area (Å²) in [6.07, 6.45) is -2.83. The van der Waals surface area contributed by atoms with Gasteiger partial charge in [-0.2, -0.15) is 17.5 Å². The molecule has 164 valence electrons. The van der Waals surface area contributed by atoms with Crippen molar-refractivity contribution in [3.8, 4) is 0 Å². The minimum absolute atomic E-state index is 0.101. The molecule has 1 heterocycles. The van der Waals surface area contributed by atoms with Gasteiger partial charge in [0.05, 0.1) is 11.0 Å². The highest BCUT2D eigenvalue weighted by atomic mass is 32.2. The number of halogens is 3. The molecule has 10 heteroatoms. The third kappa shape index (κ3) is 4.32. The molecule has 0 radical (unpaired) electrons. The van der Waals surface area contributed by atoms with Crippen LogP contribution in [-0.4, -0.2) is 71.8 Å². The smallest absolute Gasteiger partial charge is 0.393 e. The molecule has 1 aliphatic heterocycles. The number of benzene rings is 1. The Balaban J connectivity index is 1.74. The zero-order valence-electron chi connectivity index (χ0n) is 16.4. The second kappa shape index (κ2) is 7.81. The number of hydrogen-bond donors (Lipinski definition) is 2. The first kappa shape index (κ1) is 22.5. The van der Waals surface area contributed by atoms with E-state index in [1.54, 1.807) is 6.92 Å². The van der Waals surface area contributed by atoms with Crippen LogP contribution >= 0.6 is 0 Å². The van der Waals surface area contributed by atoms with E-state index in [4.69, 9.17) is 0 Å². The first-order valence-electron chi connectivity index (χ1n) is 9.67. The molecule has 1 aromatic carbocycles. The van der Waals surface area contributed by atoms with Crippen molar-refractivity contribution in [2.45, 2.75) is 68.0 Å². The lowest BCUT2D eigenvalue weighted by molar-refractivity contribution is -0.258. The number of rotatable bonds is 4. The van der Waals surface area contributed by atoms with Crippen molar-refractivity contribution < 1.29 is 31.8 Å². The quantitative estimate of drug-likeness (QED) is 0.755. The summed E-state index contributed by atoms with van der Waals surface area (Å²) < 4.78 is 66.4. The Morgan fingerprint density at radius 1 is 1.10 bits per heavy atom. The lowest BCUT2D eigenvalue weighted by Crippen LogP contribution is -2.56. The molecule has 1 saturated carbocycles. The number of aliphatic hydroxyl groups is 2. The van der Waals surface area contributed by atoms with Gasteiger partial charge >= 0.3 is 6.18 Å². The van der Waals surface area contributed by atoms with Crippen molar-refractivity contribution in [1.29, 1.82) is 0 Å². The SMILES string of the molecule is CC1CN(C2CCC(O)C2)CCN1S(=O)(=O)c1ccc(C(C)(O)C(F)(F)F)cc1. The monoisotopic (exact) mass is 436 g/mol. The molecule has 4 unspecified atom stereocenters. The summed E-state index contributed by atoms with van der Waals surface area (Å²) in [7, 11) is -3.87. The van der Waals surface area contributed by atoms with Crippen LogP contribution in [0.2, 0.25) is 0 Å². The van der Waals surface area contributed by atoms with Crippen molar-refractivity contribution >= 4 is 10.0 Å². The summed E-state index contributed by atoms with van der Waals surface area (Å²) in [4.78, 5) is 2.10. The van der Waals surface area contributed by atoms with Crippen LogP contribution in [0.15, 0.2) is 29.2 Å². The van der Waals surface area contributed by atoms with Gasteiger partial charge in [0.2, 0.25) is 10.0 Å². The highest BCUT2D eigenvalue weighted by molar-refractivity contribution is 7.89. The molecule has 4 atom stereocenters. The molecule has 0 spiro atoms. The molecule has 0 amide bonds. The highest BCUT2D eigenvalue weighted by Crippen LogP contribution is 2.39. The van der Waals surface area contributed by atoms with Gasteiger partial charge < -0.3 is 10.2 Å². The minimum atomic E-state index is -4.87. The second-order valence-electron chi connectivity index (χ2n) is 8.17. The zero-order chi connectivity index (χ0) is 21.6. The van der Waals surface area contributed by atoms with Crippen LogP contribution in [0.1, 0.15) is 38.7 Å². The predicted octanol–water partition coefficient (Wildman–Crippen LogP) is 2.06. The van der Waals surface area contributed by atoms with Gasteiger partial charge in [-0.05, 0) is 50.8 Å². The van der Waals surface area contributed by atoms with Crippen molar-refractivity contribution in [1.82, 2.24) is 9.21 Å². The molecule has 0 aromatic heterocycles. The van der Waals surface area contributed by atoms with Gasteiger partial charge in [-0.15, -0.1) is 0 Å². The van der Waals surface area contributed by atoms with Gasteiger partial charge in [-0.3, -0.25) is 4.90 Å². The molecule has 2 N–H and O–H groups in total. The van der Waals surface area contributed by atoms with E-state index in [0.29, 0.717) is 26.4 Å². The van der Waals surface area contributed by atoms with Crippen LogP contribution in [0.4, 0.5) is 13.2 Å². The highest BCUT2D eigenvalue weighted by Gasteiger charge is 2.51. The average molecular weight is 436 g/mol. The molecule has 1 saturated heterocycles. The number of hydrogen-bond acceptors (Lipinski definition) is 5. The lowest BCUT2D eigenvalue weighted by Gasteiger charge is -2.41. The number of sulfonamides is 1. The van der Waals surface area contributed by atoms with Crippen LogP contribution < -0.4 is 0 Å². The van der Waals surface area contributed by atoms with Gasteiger partial charge in [0.15, 0.2) is 5.60 Å². The third-order valence-electron chi connectivity index (χ3n) is 6.07. The Kier molecular flexibility index (Phi) is 6.05. The van der Waals surface area contributed by atoms with E-state index >= 15 is 0 Å². The fourth-order valence-electron chi connectivity index (χ4n) is 4.17. The first-order valence-corrected chi connectivity index (χ1v) is 11.1. The summed E-state index contributed by atoms with van der Waals surface area (Å²) in [6.45, 7) is 3.80. The molecule has 1 aliphatic carbocycles. The van der Waals surface area contributed by atoms with Crippen molar-refractivity contribution in [3.05, 3.63) is 29.8 Å². The van der Waals surface area contributed by atoms with Gasteiger partial charge in [-0.1, -0.05) is 12.1 Å². The van der Waals surface area contributed by atoms with Gasteiger partial charge in [0.1, 0.15) is 0 Å². The van der Waals surface area contributed by atoms with Crippen molar-refractivity contribution in [2.75, 3.05) is 19.6 Å². The predicted molar refractivity (Wildman–Crippen MR) is 101 cm³/mol. The van der Waals surface area contributed by atoms with E-state index in [1.807, 2.05) is 0 Å². The Morgan fingerprint density at radius 2 is 1.72 bits per heavy atom. The molecule has 2 fully saturated rings. The normalized spacial score (nSPS) is 29.7. The molecule has 1 aromatic rings. The number of piperazine rings is 1. The molecule has 0 bridgehead atoms. The van der Waals surface area contributed by atoms with E-state index in [9.17, 15) is 31.8 Å². The fourth-order valence-corrected chi connectivity index (χ4v) is 5.79. The molecular formula is C19H27F3N2O4S. The Bertz CT molecular complexity index is 827. The van der Waals surface area contributed by atoms with E-state index < -0.39 is 27.4 Å². The van der Waals surface area contributed by atoms with Gasteiger partial charge in [-0.25, -0.2) is 8.42 Å². The summed E-state index contributed by atoms with van der Waals surface area (Å²) >= 11 is 0. The third-order valence-corrected chi connectivity index (χ3v) is 8.09. The summed E-state index contributed by atoms with van der Waals surface area (Å²) in [6, 6.07) is 4.17. The second-order valence-corrected chi connectivity index (χ2v) is 10.1. The zero-order valence-corrected chi connectivity index (χ0v) is 17.2. The van der Waals surface area contributed by atoms with E-state index in [0.717, 1.165) is 37.1 Å². The van der Waals surface area contributed by atoms with Crippen LogP contribution in [0.25, 0.3) is 0 Å². The van der Waals surface area contributed by atoms with Crippen molar-refractivity contribution in [3.63, 3.8) is 0 Å². The Labute approximate surface area is 169 Å². The van der Waals surface area contributed by atoms with E-state index in [1.165, 1.54) is 4.31 Å². The topological polar surface area (TPSA) is 81.1 Å². The molecule has 6 nitrogen and oxygen atoms in total. The van der Waals surface area contributed by atoms with E-state index in [-0.39, 0.29) is 29.6 Å². The maximum atomic E-state index is 13.0. The van der Waals surface area contributed by atoms with Crippen LogP contribution in [-0.2, 0) is 15.6 Å². The average Bonchev–Trinajstić information content (AvgIpc) is 3.07. The van der Waals surface area contributed by atoms with E-state index in [2.05, 4.69) is 4.90 Å².